The molecule has 0 heterocycles. The highest BCUT2D eigenvalue weighted by Crippen LogP contribution is 2.40. The highest BCUT2D eigenvalue weighted by molar-refractivity contribution is 5.94. The molecule has 2 aromatic rings. The fraction of sp³-hybridized carbons (Fsp3) is 0.316. The van der Waals surface area contributed by atoms with Gasteiger partial charge in [0.15, 0.2) is 11.5 Å². The fourth-order valence-electron chi connectivity index (χ4n) is 3.19. The molecule has 1 unspecified atom stereocenters. The van der Waals surface area contributed by atoms with Crippen LogP contribution in [0.2, 0.25) is 0 Å². The molecule has 0 radical (unpaired) electrons. The molecule has 1 N–H and O–H groups in total. The normalized spacial score (nSPS) is 15.7. The summed E-state index contributed by atoms with van der Waals surface area (Å²) in [7, 11) is 3.22. The van der Waals surface area contributed by atoms with Crippen LogP contribution in [-0.4, -0.2) is 26.7 Å². The molecule has 126 valence electrons. The van der Waals surface area contributed by atoms with Gasteiger partial charge in [-0.05, 0) is 48.2 Å². The summed E-state index contributed by atoms with van der Waals surface area (Å²) in [5.74, 6) is 0.696. The maximum atomic E-state index is 13.7. The molecule has 0 bridgehead atoms. The number of rotatable bonds is 5. The first kappa shape index (κ1) is 16.3. The number of benzene rings is 2. The third-order valence-electron chi connectivity index (χ3n) is 4.47. The molecule has 0 aliphatic heterocycles. The van der Waals surface area contributed by atoms with E-state index in [9.17, 15) is 9.18 Å². The Kier molecular flexibility index (Phi) is 4.69. The van der Waals surface area contributed by atoms with Crippen molar-refractivity contribution in [3.05, 3.63) is 58.9 Å². The summed E-state index contributed by atoms with van der Waals surface area (Å²) in [6.07, 6.45) is 1.86. The van der Waals surface area contributed by atoms with Crippen LogP contribution < -0.4 is 14.8 Å². The molecular formula is C19H20FNO3. The van der Waals surface area contributed by atoms with E-state index in [2.05, 4.69) is 5.32 Å². The summed E-state index contributed by atoms with van der Waals surface area (Å²) in [6, 6.07) is 9.96. The van der Waals surface area contributed by atoms with Crippen molar-refractivity contribution in [2.45, 2.75) is 18.8 Å². The summed E-state index contributed by atoms with van der Waals surface area (Å²) in [6.45, 7) is 0.468. The van der Waals surface area contributed by atoms with Crippen molar-refractivity contribution in [2.24, 2.45) is 0 Å². The van der Waals surface area contributed by atoms with Crippen LogP contribution in [-0.2, 0) is 6.42 Å². The summed E-state index contributed by atoms with van der Waals surface area (Å²) in [5.41, 5.74) is 2.43. The lowest BCUT2D eigenvalue weighted by atomic mass is 10.0. The lowest BCUT2D eigenvalue weighted by molar-refractivity contribution is 0.0947. The van der Waals surface area contributed by atoms with Crippen molar-refractivity contribution in [2.75, 3.05) is 20.8 Å². The molecule has 0 saturated heterocycles. The van der Waals surface area contributed by atoms with Crippen LogP contribution in [0.15, 0.2) is 36.4 Å². The molecule has 2 aromatic carbocycles. The molecule has 1 aliphatic rings. The molecular weight excluding hydrogens is 309 g/mol. The van der Waals surface area contributed by atoms with Gasteiger partial charge in [0, 0.05) is 12.5 Å². The SMILES string of the molecule is COc1cc2c(cc1OC)C(CNC(=O)c1ccccc1F)CC2. The van der Waals surface area contributed by atoms with E-state index in [4.69, 9.17) is 9.47 Å². The molecule has 0 spiro atoms. The minimum Gasteiger partial charge on any atom is -0.493 e. The standard InChI is InChI=1S/C19H20FNO3/c1-23-17-9-12-7-8-13(15(12)10-18(17)24-2)11-21-19(22)14-5-3-4-6-16(14)20/h3-6,9-10,13H,7-8,11H2,1-2H3,(H,21,22). The predicted octanol–water partition coefficient (Wildman–Crippen LogP) is 3.30. The van der Waals surface area contributed by atoms with E-state index in [1.807, 2.05) is 12.1 Å². The zero-order valence-corrected chi connectivity index (χ0v) is 13.8. The molecule has 1 aliphatic carbocycles. The number of aryl methyl sites for hydroxylation is 1. The monoisotopic (exact) mass is 329 g/mol. The molecule has 0 aromatic heterocycles. The maximum Gasteiger partial charge on any atom is 0.254 e. The predicted molar refractivity (Wildman–Crippen MR) is 89.3 cm³/mol. The Morgan fingerprint density at radius 1 is 1.21 bits per heavy atom. The quantitative estimate of drug-likeness (QED) is 0.915. The lowest BCUT2D eigenvalue weighted by Gasteiger charge is -2.15. The van der Waals surface area contributed by atoms with Gasteiger partial charge in [-0.3, -0.25) is 4.79 Å². The van der Waals surface area contributed by atoms with Crippen LogP contribution in [0.4, 0.5) is 4.39 Å². The van der Waals surface area contributed by atoms with Gasteiger partial charge in [-0.2, -0.15) is 0 Å². The van der Waals surface area contributed by atoms with Crippen molar-refractivity contribution in [3.63, 3.8) is 0 Å². The molecule has 0 saturated carbocycles. The second-order valence-electron chi connectivity index (χ2n) is 5.83. The minimum atomic E-state index is -0.506. The highest BCUT2D eigenvalue weighted by Gasteiger charge is 2.25. The number of carbonyl (C=O) groups excluding carboxylic acids is 1. The molecule has 4 nitrogen and oxygen atoms in total. The summed E-state index contributed by atoms with van der Waals surface area (Å²) < 4.78 is 24.4. The Morgan fingerprint density at radius 2 is 1.92 bits per heavy atom. The number of nitrogens with one attached hydrogen (secondary N) is 1. The van der Waals surface area contributed by atoms with Crippen molar-refractivity contribution >= 4 is 5.91 Å². The van der Waals surface area contributed by atoms with E-state index in [0.717, 1.165) is 18.4 Å². The number of ether oxygens (including phenoxy) is 2. The van der Waals surface area contributed by atoms with Gasteiger partial charge in [-0.15, -0.1) is 0 Å². The highest BCUT2D eigenvalue weighted by atomic mass is 19.1. The molecule has 5 heteroatoms. The fourth-order valence-corrected chi connectivity index (χ4v) is 3.19. The number of hydrogen-bond donors (Lipinski definition) is 1. The van der Waals surface area contributed by atoms with Crippen molar-refractivity contribution < 1.29 is 18.7 Å². The Hall–Kier alpha value is -2.56. The van der Waals surface area contributed by atoms with Crippen LogP contribution in [0.25, 0.3) is 0 Å². The Labute approximate surface area is 140 Å². The van der Waals surface area contributed by atoms with Crippen LogP contribution >= 0.6 is 0 Å². The van der Waals surface area contributed by atoms with E-state index in [1.165, 1.54) is 17.7 Å². The molecule has 1 atom stereocenters. The summed E-state index contributed by atoms with van der Waals surface area (Å²) >= 11 is 0. The number of carbonyl (C=O) groups is 1. The largest absolute Gasteiger partial charge is 0.493 e. The number of fused-ring (bicyclic) bond motifs is 1. The average Bonchev–Trinajstić information content (AvgIpc) is 3.00. The molecule has 1 amide bonds. The second kappa shape index (κ2) is 6.91. The zero-order valence-electron chi connectivity index (χ0n) is 13.8. The Balaban J connectivity index is 1.73. The number of methoxy groups -OCH3 is 2. The Bertz CT molecular complexity index is 760. The zero-order chi connectivity index (χ0) is 17.1. The first-order valence-corrected chi connectivity index (χ1v) is 7.91. The lowest BCUT2D eigenvalue weighted by Crippen LogP contribution is -2.28. The van der Waals surface area contributed by atoms with Crippen LogP contribution in [0.3, 0.4) is 0 Å². The minimum absolute atomic E-state index is 0.0723. The van der Waals surface area contributed by atoms with Gasteiger partial charge in [-0.1, -0.05) is 12.1 Å². The van der Waals surface area contributed by atoms with Gasteiger partial charge in [-0.25, -0.2) is 4.39 Å². The van der Waals surface area contributed by atoms with Crippen molar-refractivity contribution in [1.82, 2.24) is 5.32 Å². The van der Waals surface area contributed by atoms with E-state index in [0.29, 0.717) is 18.0 Å². The molecule has 24 heavy (non-hydrogen) atoms. The average molecular weight is 329 g/mol. The number of hydrogen-bond acceptors (Lipinski definition) is 3. The third-order valence-corrected chi connectivity index (χ3v) is 4.47. The van der Waals surface area contributed by atoms with Crippen molar-refractivity contribution in [3.8, 4) is 11.5 Å². The molecule has 3 rings (SSSR count). The second-order valence-corrected chi connectivity index (χ2v) is 5.83. The topological polar surface area (TPSA) is 47.6 Å². The first-order chi connectivity index (χ1) is 11.6. The van der Waals surface area contributed by atoms with Crippen LogP contribution in [0.1, 0.15) is 33.8 Å². The van der Waals surface area contributed by atoms with Gasteiger partial charge >= 0.3 is 0 Å². The van der Waals surface area contributed by atoms with Crippen molar-refractivity contribution in [1.29, 1.82) is 0 Å². The number of amides is 1. The van der Waals surface area contributed by atoms with E-state index in [-0.39, 0.29) is 17.4 Å². The van der Waals surface area contributed by atoms with E-state index >= 15 is 0 Å². The third kappa shape index (κ3) is 3.07. The van der Waals surface area contributed by atoms with Gasteiger partial charge in [0.25, 0.3) is 5.91 Å². The van der Waals surface area contributed by atoms with Gasteiger partial charge in [0.1, 0.15) is 5.82 Å². The molecule has 0 fully saturated rings. The van der Waals surface area contributed by atoms with Gasteiger partial charge in [0.05, 0.1) is 19.8 Å². The van der Waals surface area contributed by atoms with Gasteiger partial charge in [0.2, 0.25) is 0 Å². The first-order valence-electron chi connectivity index (χ1n) is 7.91. The number of halogens is 1. The van der Waals surface area contributed by atoms with Crippen LogP contribution in [0.5, 0.6) is 11.5 Å². The van der Waals surface area contributed by atoms with Crippen LogP contribution in [0, 0.1) is 5.82 Å². The smallest absolute Gasteiger partial charge is 0.254 e. The maximum absolute atomic E-state index is 13.7. The Morgan fingerprint density at radius 3 is 2.62 bits per heavy atom. The van der Waals surface area contributed by atoms with E-state index < -0.39 is 5.82 Å². The summed E-state index contributed by atoms with van der Waals surface area (Å²) in [4.78, 5) is 12.2. The van der Waals surface area contributed by atoms with E-state index in [1.54, 1.807) is 26.4 Å². The van der Waals surface area contributed by atoms with Gasteiger partial charge < -0.3 is 14.8 Å². The summed E-state index contributed by atoms with van der Waals surface area (Å²) in [5, 5.41) is 2.84.